The van der Waals surface area contributed by atoms with Crippen LogP contribution in [0, 0.1) is 5.92 Å². The second-order valence-electron chi connectivity index (χ2n) is 6.24. The van der Waals surface area contributed by atoms with Gasteiger partial charge in [0.1, 0.15) is 0 Å². The van der Waals surface area contributed by atoms with E-state index in [-0.39, 0.29) is 0 Å². The van der Waals surface area contributed by atoms with Crippen LogP contribution in [-0.4, -0.2) is 61.2 Å². The zero-order valence-electron chi connectivity index (χ0n) is 11.4. The van der Waals surface area contributed by atoms with Gasteiger partial charge in [0.15, 0.2) is 0 Å². The van der Waals surface area contributed by atoms with E-state index < -0.39 is 0 Å². The summed E-state index contributed by atoms with van der Waals surface area (Å²) in [6, 6.07) is 2.43. The van der Waals surface area contributed by atoms with Gasteiger partial charge in [-0.2, -0.15) is 0 Å². The minimum Gasteiger partial charge on any atom is -0.312 e. The van der Waals surface area contributed by atoms with Crippen LogP contribution in [0.1, 0.15) is 32.6 Å². The van der Waals surface area contributed by atoms with Crippen molar-refractivity contribution in [2.24, 2.45) is 5.92 Å². The SMILES string of the molecule is CC[C@H]1[C@@H]2CN(C)CCC2NCC2CCCN21. The van der Waals surface area contributed by atoms with Crippen molar-refractivity contribution >= 4 is 0 Å². The van der Waals surface area contributed by atoms with Gasteiger partial charge in [-0.3, -0.25) is 4.90 Å². The number of rotatable bonds is 1. The Hall–Kier alpha value is -0.120. The minimum absolute atomic E-state index is 0.779. The lowest BCUT2D eigenvalue weighted by Gasteiger charge is -2.42. The number of likely N-dealkylation sites (tertiary alicyclic amines) is 1. The Morgan fingerprint density at radius 3 is 2.94 bits per heavy atom. The van der Waals surface area contributed by atoms with E-state index >= 15 is 0 Å². The zero-order valence-corrected chi connectivity index (χ0v) is 11.4. The van der Waals surface area contributed by atoms with Crippen molar-refractivity contribution in [3.63, 3.8) is 0 Å². The van der Waals surface area contributed by atoms with Gasteiger partial charge < -0.3 is 10.2 Å². The zero-order chi connectivity index (χ0) is 11.8. The van der Waals surface area contributed by atoms with Crippen LogP contribution in [0.25, 0.3) is 0 Å². The Morgan fingerprint density at radius 1 is 1.24 bits per heavy atom. The van der Waals surface area contributed by atoms with Crippen molar-refractivity contribution < 1.29 is 0 Å². The molecular weight excluding hydrogens is 210 g/mol. The van der Waals surface area contributed by atoms with Crippen molar-refractivity contribution in [1.82, 2.24) is 15.1 Å². The standard InChI is InChI=1S/C14H27N3/c1-3-14-12-10-16(2)8-6-13(12)15-9-11-5-4-7-17(11)14/h11-15H,3-10H2,1-2H3/t11?,12-,13?,14+/m1/s1. The lowest BCUT2D eigenvalue weighted by Crippen LogP contribution is -2.53. The first kappa shape index (κ1) is 11.9. The van der Waals surface area contributed by atoms with Gasteiger partial charge in [0.2, 0.25) is 0 Å². The number of nitrogens with zero attached hydrogens (tertiary/aromatic N) is 2. The molecule has 0 aromatic heterocycles. The van der Waals surface area contributed by atoms with Gasteiger partial charge in [-0.1, -0.05) is 6.92 Å². The molecule has 0 saturated carbocycles. The van der Waals surface area contributed by atoms with E-state index in [0.717, 1.165) is 24.0 Å². The van der Waals surface area contributed by atoms with Crippen LogP contribution in [0.4, 0.5) is 0 Å². The number of fused-ring (bicyclic) bond motifs is 2. The van der Waals surface area contributed by atoms with Crippen LogP contribution in [0.5, 0.6) is 0 Å². The normalized spacial score (nSPS) is 44.1. The highest BCUT2D eigenvalue weighted by Crippen LogP contribution is 2.32. The second kappa shape index (κ2) is 4.87. The molecule has 17 heavy (non-hydrogen) atoms. The number of piperidine rings is 1. The van der Waals surface area contributed by atoms with Crippen molar-refractivity contribution in [1.29, 1.82) is 0 Å². The summed E-state index contributed by atoms with van der Waals surface area (Å²) in [5.41, 5.74) is 0. The minimum atomic E-state index is 0.779. The third kappa shape index (κ3) is 2.13. The topological polar surface area (TPSA) is 18.5 Å². The predicted octanol–water partition coefficient (Wildman–Crippen LogP) is 1.15. The van der Waals surface area contributed by atoms with Crippen LogP contribution in [0.15, 0.2) is 0 Å². The summed E-state index contributed by atoms with van der Waals surface area (Å²) in [6.07, 6.45) is 5.50. The molecule has 0 amide bonds. The number of hydrogen-bond acceptors (Lipinski definition) is 3. The fourth-order valence-corrected chi connectivity index (χ4v) is 4.38. The molecule has 3 fully saturated rings. The summed E-state index contributed by atoms with van der Waals surface area (Å²) in [5.74, 6) is 0.849. The van der Waals surface area contributed by atoms with Gasteiger partial charge >= 0.3 is 0 Å². The first-order valence-electron chi connectivity index (χ1n) is 7.47. The highest BCUT2D eigenvalue weighted by Gasteiger charge is 2.42. The van der Waals surface area contributed by atoms with Crippen LogP contribution >= 0.6 is 0 Å². The summed E-state index contributed by atoms with van der Waals surface area (Å²) >= 11 is 0. The molecule has 0 spiro atoms. The van der Waals surface area contributed by atoms with E-state index in [2.05, 4.69) is 29.1 Å². The first-order valence-corrected chi connectivity index (χ1v) is 7.47. The highest BCUT2D eigenvalue weighted by molar-refractivity contribution is 4.99. The van der Waals surface area contributed by atoms with E-state index in [0.29, 0.717) is 0 Å². The van der Waals surface area contributed by atoms with Crippen LogP contribution in [0.3, 0.4) is 0 Å². The molecule has 0 aromatic carbocycles. The van der Waals surface area contributed by atoms with Gasteiger partial charge in [-0.05, 0) is 45.8 Å². The van der Waals surface area contributed by atoms with Crippen LogP contribution in [-0.2, 0) is 0 Å². The maximum absolute atomic E-state index is 3.87. The quantitative estimate of drug-likeness (QED) is 0.738. The van der Waals surface area contributed by atoms with Crippen LogP contribution in [0.2, 0.25) is 0 Å². The summed E-state index contributed by atoms with van der Waals surface area (Å²) in [7, 11) is 2.29. The molecule has 3 aliphatic heterocycles. The lowest BCUT2D eigenvalue weighted by atomic mass is 9.84. The molecule has 3 nitrogen and oxygen atoms in total. The molecule has 3 heteroatoms. The predicted molar refractivity (Wildman–Crippen MR) is 71.2 cm³/mol. The van der Waals surface area contributed by atoms with Crippen molar-refractivity contribution in [3.05, 3.63) is 0 Å². The van der Waals surface area contributed by atoms with E-state index in [1.54, 1.807) is 0 Å². The van der Waals surface area contributed by atoms with E-state index in [1.165, 1.54) is 51.9 Å². The maximum Gasteiger partial charge on any atom is 0.0224 e. The highest BCUT2D eigenvalue weighted by atomic mass is 15.3. The molecule has 4 atom stereocenters. The Balaban J connectivity index is 1.81. The Bertz CT molecular complexity index is 268. The Morgan fingerprint density at radius 2 is 2.12 bits per heavy atom. The summed E-state index contributed by atoms with van der Waals surface area (Å²) in [5, 5.41) is 3.87. The van der Waals surface area contributed by atoms with Gasteiger partial charge in [-0.25, -0.2) is 0 Å². The van der Waals surface area contributed by atoms with E-state index in [9.17, 15) is 0 Å². The Labute approximate surface area is 106 Å². The summed E-state index contributed by atoms with van der Waals surface area (Å²) < 4.78 is 0. The van der Waals surface area contributed by atoms with E-state index in [4.69, 9.17) is 0 Å². The first-order chi connectivity index (χ1) is 8.29. The van der Waals surface area contributed by atoms with Gasteiger partial charge in [0, 0.05) is 37.1 Å². The monoisotopic (exact) mass is 237 g/mol. The molecule has 3 aliphatic rings. The fraction of sp³-hybridized carbons (Fsp3) is 1.00. The average molecular weight is 237 g/mol. The second-order valence-corrected chi connectivity index (χ2v) is 6.24. The third-order valence-corrected chi connectivity index (χ3v) is 5.24. The molecule has 0 aromatic rings. The molecule has 3 saturated heterocycles. The molecule has 3 heterocycles. The maximum atomic E-state index is 3.87. The number of hydrogen-bond donors (Lipinski definition) is 1. The van der Waals surface area contributed by atoms with Gasteiger partial charge in [-0.15, -0.1) is 0 Å². The Kier molecular flexibility index (Phi) is 3.42. The molecule has 1 N–H and O–H groups in total. The van der Waals surface area contributed by atoms with E-state index in [1.807, 2.05) is 0 Å². The fourth-order valence-electron chi connectivity index (χ4n) is 4.38. The van der Waals surface area contributed by atoms with Crippen molar-refractivity contribution in [2.45, 2.75) is 50.7 Å². The van der Waals surface area contributed by atoms with Gasteiger partial charge in [0.05, 0.1) is 0 Å². The smallest absolute Gasteiger partial charge is 0.0224 e. The summed E-state index contributed by atoms with van der Waals surface area (Å²) in [4.78, 5) is 5.36. The average Bonchev–Trinajstić information content (AvgIpc) is 2.72. The molecule has 3 rings (SSSR count). The van der Waals surface area contributed by atoms with Crippen LogP contribution < -0.4 is 5.32 Å². The molecule has 2 unspecified atom stereocenters. The lowest BCUT2D eigenvalue weighted by molar-refractivity contribution is 0.0826. The third-order valence-electron chi connectivity index (χ3n) is 5.24. The molecular formula is C14H27N3. The molecule has 98 valence electrons. The largest absolute Gasteiger partial charge is 0.312 e. The summed E-state index contributed by atoms with van der Waals surface area (Å²) in [6.45, 7) is 7.53. The molecule has 0 radical (unpaired) electrons. The van der Waals surface area contributed by atoms with Crippen molar-refractivity contribution in [2.75, 3.05) is 33.2 Å². The van der Waals surface area contributed by atoms with Crippen molar-refractivity contribution in [3.8, 4) is 0 Å². The van der Waals surface area contributed by atoms with Gasteiger partial charge in [0.25, 0.3) is 0 Å². The number of nitrogens with one attached hydrogen (secondary N) is 1. The molecule has 0 bridgehead atoms. The molecule has 0 aliphatic carbocycles.